The van der Waals surface area contributed by atoms with Gasteiger partial charge >= 0.3 is 6.09 Å². The molecule has 1 atom stereocenters. The summed E-state index contributed by atoms with van der Waals surface area (Å²) in [7, 11) is 1.63. The lowest BCUT2D eigenvalue weighted by Gasteiger charge is -2.37. The van der Waals surface area contributed by atoms with Crippen LogP contribution >= 0.6 is 24.0 Å². The number of thioether (sulfide) groups is 1. The first kappa shape index (κ1) is 23.5. The number of hydrogen-bond donors (Lipinski definition) is 1. The quantitative estimate of drug-likeness (QED) is 0.453. The first-order valence-electron chi connectivity index (χ1n) is 11.0. The number of methoxy groups -OCH3 is 1. The van der Waals surface area contributed by atoms with E-state index in [1.807, 2.05) is 47.4 Å². The highest BCUT2D eigenvalue weighted by atomic mass is 32.2. The predicted molar refractivity (Wildman–Crippen MR) is 135 cm³/mol. The topological polar surface area (TPSA) is 63.3 Å². The highest BCUT2D eigenvalue weighted by Crippen LogP contribution is 2.27. The molecule has 0 radical (unpaired) electrons. The second kappa shape index (κ2) is 11.0. The average molecular weight is 488 g/mol. The number of anilines is 1. The van der Waals surface area contributed by atoms with Crippen molar-refractivity contribution in [3.05, 3.63) is 48.5 Å². The smallest absolute Gasteiger partial charge is 0.410 e. The first-order chi connectivity index (χ1) is 16.1. The van der Waals surface area contributed by atoms with Gasteiger partial charge in [-0.25, -0.2) is 4.79 Å². The number of piperidine rings is 1. The van der Waals surface area contributed by atoms with Crippen LogP contribution in [0.15, 0.2) is 53.4 Å². The maximum absolute atomic E-state index is 12.5. The van der Waals surface area contributed by atoms with Crippen LogP contribution in [0.5, 0.6) is 11.5 Å². The molecular weight excluding hydrogens is 458 g/mol. The Bertz CT molecular complexity index is 964. The summed E-state index contributed by atoms with van der Waals surface area (Å²) < 4.78 is 16.5. The highest BCUT2D eigenvalue weighted by Gasteiger charge is 2.38. The van der Waals surface area contributed by atoms with Crippen molar-refractivity contribution in [2.45, 2.75) is 29.9 Å². The molecule has 176 valence electrons. The summed E-state index contributed by atoms with van der Waals surface area (Å²) in [4.78, 5) is 17.7. The van der Waals surface area contributed by atoms with Crippen molar-refractivity contribution < 1.29 is 19.0 Å². The van der Waals surface area contributed by atoms with Gasteiger partial charge in [-0.2, -0.15) is 0 Å². The Morgan fingerprint density at radius 1 is 1.15 bits per heavy atom. The van der Waals surface area contributed by atoms with Crippen molar-refractivity contribution >= 4 is 40.9 Å². The van der Waals surface area contributed by atoms with E-state index in [0.29, 0.717) is 13.2 Å². The van der Waals surface area contributed by atoms with Crippen molar-refractivity contribution in [1.82, 2.24) is 9.80 Å². The molecule has 4 rings (SSSR count). The van der Waals surface area contributed by atoms with Crippen molar-refractivity contribution in [2.24, 2.45) is 0 Å². The Kier molecular flexibility index (Phi) is 7.82. The van der Waals surface area contributed by atoms with Crippen LogP contribution in [-0.2, 0) is 4.74 Å². The van der Waals surface area contributed by atoms with Gasteiger partial charge in [-0.05, 0) is 67.7 Å². The van der Waals surface area contributed by atoms with Crippen molar-refractivity contribution in [3.8, 4) is 11.5 Å². The summed E-state index contributed by atoms with van der Waals surface area (Å²) in [5.41, 5.74) is 1.03. The van der Waals surface area contributed by atoms with Crippen LogP contribution in [0.3, 0.4) is 0 Å². The summed E-state index contributed by atoms with van der Waals surface area (Å²) in [6, 6.07) is 15.7. The number of ether oxygens (including phenoxy) is 3. The zero-order chi connectivity index (χ0) is 23.2. The van der Waals surface area contributed by atoms with E-state index in [2.05, 4.69) is 22.5 Å². The molecule has 2 aromatic rings. The van der Waals surface area contributed by atoms with Crippen LogP contribution in [0.4, 0.5) is 10.5 Å². The number of nitrogens with zero attached hydrogens (tertiary/aromatic N) is 2. The van der Waals surface area contributed by atoms with E-state index in [0.717, 1.165) is 53.1 Å². The molecule has 2 fully saturated rings. The van der Waals surface area contributed by atoms with Gasteiger partial charge in [-0.3, -0.25) is 0 Å². The predicted octanol–water partition coefficient (Wildman–Crippen LogP) is 4.48. The molecule has 0 aromatic heterocycles. The third-order valence-corrected chi connectivity index (χ3v) is 7.09. The molecule has 0 bridgehead atoms. The monoisotopic (exact) mass is 487 g/mol. The van der Waals surface area contributed by atoms with Crippen LogP contribution < -0.4 is 14.8 Å². The lowest BCUT2D eigenvalue weighted by atomic mass is 10.0. The maximum Gasteiger partial charge on any atom is 0.410 e. The van der Waals surface area contributed by atoms with Crippen molar-refractivity contribution in [2.75, 3.05) is 44.9 Å². The number of thiocarbonyl (C=S) groups is 1. The van der Waals surface area contributed by atoms with Gasteiger partial charge in [0.15, 0.2) is 11.2 Å². The van der Waals surface area contributed by atoms with Crippen LogP contribution in [-0.4, -0.2) is 72.8 Å². The Labute approximate surface area is 204 Å². The second-order valence-corrected chi connectivity index (χ2v) is 9.23. The number of para-hydroxylation sites is 1. The third kappa shape index (κ3) is 5.83. The van der Waals surface area contributed by atoms with Gasteiger partial charge in [-0.1, -0.05) is 12.1 Å². The van der Waals surface area contributed by atoms with Crippen molar-refractivity contribution in [3.63, 3.8) is 0 Å². The van der Waals surface area contributed by atoms with E-state index >= 15 is 0 Å². The molecule has 2 heterocycles. The van der Waals surface area contributed by atoms with Gasteiger partial charge in [0.2, 0.25) is 0 Å². The van der Waals surface area contributed by atoms with Crippen LogP contribution in [0, 0.1) is 0 Å². The van der Waals surface area contributed by atoms with Gasteiger partial charge in [0, 0.05) is 24.0 Å². The van der Waals surface area contributed by atoms with Crippen molar-refractivity contribution in [1.29, 1.82) is 0 Å². The number of likely N-dealkylation sites (tertiary alicyclic amines) is 1. The zero-order valence-electron chi connectivity index (χ0n) is 18.9. The van der Waals surface area contributed by atoms with Gasteiger partial charge in [-0.15, -0.1) is 11.8 Å². The molecule has 1 N–H and O–H groups in total. The molecule has 2 saturated heterocycles. The van der Waals surface area contributed by atoms with E-state index < -0.39 is 0 Å². The first-order valence-corrected chi connectivity index (χ1v) is 12.6. The minimum atomic E-state index is -0.275. The van der Waals surface area contributed by atoms with E-state index in [1.54, 1.807) is 18.9 Å². The van der Waals surface area contributed by atoms with Gasteiger partial charge < -0.3 is 29.3 Å². The zero-order valence-corrected chi connectivity index (χ0v) is 20.5. The molecule has 7 nitrogen and oxygen atoms in total. The molecule has 0 saturated carbocycles. The molecule has 2 aromatic carbocycles. The Morgan fingerprint density at radius 3 is 2.55 bits per heavy atom. The number of hydrogen-bond acceptors (Lipinski definition) is 6. The number of cyclic esters (lactones) is 1. The fraction of sp³-hybridized carbons (Fsp3) is 0.417. The number of rotatable bonds is 7. The molecule has 2 aliphatic heterocycles. The van der Waals surface area contributed by atoms with E-state index in [9.17, 15) is 4.79 Å². The third-order valence-electron chi connectivity index (χ3n) is 5.94. The van der Waals surface area contributed by atoms with E-state index in [-0.39, 0.29) is 18.2 Å². The summed E-state index contributed by atoms with van der Waals surface area (Å²) in [6.07, 6.45) is 3.23. The molecule has 9 heteroatoms. The number of carbonyl (C=O) groups excluding carboxylic acids is 1. The number of nitrogens with one attached hydrogen (secondary N) is 1. The van der Waals surface area contributed by atoms with Gasteiger partial charge in [0.25, 0.3) is 0 Å². The summed E-state index contributed by atoms with van der Waals surface area (Å²) in [6.45, 7) is 2.48. The molecule has 1 amide bonds. The van der Waals surface area contributed by atoms with Gasteiger partial charge in [0.05, 0.1) is 19.3 Å². The fourth-order valence-electron chi connectivity index (χ4n) is 4.11. The van der Waals surface area contributed by atoms with Crippen LogP contribution in [0.2, 0.25) is 0 Å². The molecule has 0 spiro atoms. The van der Waals surface area contributed by atoms with E-state index in [1.165, 1.54) is 0 Å². The van der Waals surface area contributed by atoms with Gasteiger partial charge in [0.1, 0.15) is 18.1 Å². The minimum Gasteiger partial charge on any atom is -0.497 e. The highest BCUT2D eigenvalue weighted by molar-refractivity contribution is 7.98. The number of benzene rings is 2. The SMILES string of the molecule is COc1ccc(OCC2CN(C3CCN(C(=S)Nc4ccccc4SC)CC3)C(=O)O2)cc1. The lowest BCUT2D eigenvalue weighted by molar-refractivity contribution is 0.0997. The molecule has 2 aliphatic rings. The Morgan fingerprint density at radius 2 is 1.85 bits per heavy atom. The second-order valence-electron chi connectivity index (χ2n) is 7.99. The maximum atomic E-state index is 12.5. The largest absolute Gasteiger partial charge is 0.497 e. The molecular formula is C24H29N3O4S2. The standard InChI is InChI=1S/C24H29N3O4S2/c1-29-18-7-9-19(10-8-18)30-16-20-15-27(24(28)31-20)17-11-13-26(14-12-17)23(32)25-21-5-3-4-6-22(21)33-2/h3-10,17,20H,11-16H2,1-2H3,(H,25,32). The molecule has 0 aliphatic carbocycles. The molecule has 33 heavy (non-hydrogen) atoms. The minimum absolute atomic E-state index is 0.154. The fourth-order valence-corrected chi connectivity index (χ4v) is 4.96. The Balaban J connectivity index is 1.24. The normalized spacial score (nSPS) is 18.7. The van der Waals surface area contributed by atoms with Crippen LogP contribution in [0.1, 0.15) is 12.8 Å². The summed E-state index contributed by atoms with van der Waals surface area (Å²) in [5.74, 6) is 1.50. The number of amides is 1. The van der Waals surface area contributed by atoms with E-state index in [4.69, 9.17) is 26.4 Å². The average Bonchev–Trinajstić information content (AvgIpc) is 3.23. The summed E-state index contributed by atoms with van der Waals surface area (Å²) in [5, 5.41) is 4.10. The van der Waals surface area contributed by atoms with Crippen LogP contribution in [0.25, 0.3) is 0 Å². The lowest BCUT2D eigenvalue weighted by Crippen LogP contribution is -2.48. The number of carbonyl (C=O) groups is 1. The Hall–Kier alpha value is -2.65. The molecule has 1 unspecified atom stereocenters. The summed E-state index contributed by atoms with van der Waals surface area (Å²) >= 11 is 7.34.